The lowest BCUT2D eigenvalue weighted by Crippen LogP contribution is -1.98. The van der Waals surface area contributed by atoms with Gasteiger partial charge < -0.3 is 11.1 Å². The Bertz CT molecular complexity index is 538. The molecule has 0 radical (unpaired) electrons. The molecule has 0 atom stereocenters. The second-order valence-corrected chi connectivity index (χ2v) is 4.30. The lowest BCUT2D eigenvalue weighted by molar-refractivity contribution is 0.632. The molecule has 0 aliphatic heterocycles. The van der Waals surface area contributed by atoms with Crippen molar-refractivity contribution in [1.82, 2.24) is 0 Å². The lowest BCUT2D eigenvalue weighted by Gasteiger charge is -2.11. The Kier molecular flexibility index (Phi) is 3.41. The van der Waals surface area contributed by atoms with Gasteiger partial charge in [0.15, 0.2) is 0 Å². The standard InChI is InChI=1S/C12H9Cl2FN2/c13-7-4-5-10(16)11(6-7)17-12-8(14)2-1-3-9(12)15/h1-6,17H,16H2. The first kappa shape index (κ1) is 12.0. The first-order chi connectivity index (χ1) is 8.08. The van der Waals surface area contributed by atoms with E-state index >= 15 is 0 Å². The molecule has 0 unspecified atom stereocenters. The molecule has 0 spiro atoms. The van der Waals surface area contributed by atoms with E-state index in [4.69, 9.17) is 28.9 Å². The zero-order valence-corrected chi connectivity index (χ0v) is 10.2. The van der Waals surface area contributed by atoms with Crippen molar-refractivity contribution >= 4 is 40.3 Å². The Hall–Kier alpha value is -1.45. The maximum absolute atomic E-state index is 13.5. The van der Waals surface area contributed by atoms with Gasteiger partial charge in [-0.25, -0.2) is 4.39 Å². The quantitative estimate of drug-likeness (QED) is 0.791. The minimum Gasteiger partial charge on any atom is -0.397 e. The monoisotopic (exact) mass is 270 g/mol. The molecule has 0 bridgehead atoms. The Balaban J connectivity index is 2.41. The number of nitrogens with two attached hydrogens (primary N) is 1. The molecule has 0 fully saturated rings. The number of hydrogen-bond acceptors (Lipinski definition) is 2. The van der Waals surface area contributed by atoms with Crippen LogP contribution in [0, 0.1) is 5.82 Å². The average Bonchev–Trinajstić information content (AvgIpc) is 2.28. The highest BCUT2D eigenvalue weighted by atomic mass is 35.5. The zero-order chi connectivity index (χ0) is 12.4. The van der Waals surface area contributed by atoms with Gasteiger partial charge in [0.25, 0.3) is 0 Å². The van der Waals surface area contributed by atoms with E-state index in [9.17, 15) is 4.39 Å². The van der Waals surface area contributed by atoms with Gasteiger partial charge in [-0.3, -0.25) is 0 Å². The Morgan fingerprint density at radius 3 is 2.59 bits per heavy atom. The summed E-state index contributed by atoms with van der Waals surface area (Å²) in [5, 5.41) is 3.62. The number of benzene rings is 2. The molecule has 2 nitrogen and oxygen atoms in total. The lowest BCUT2D eigenvalue weighted by atomic mass is 10.2. The van der Waals surface area contributed by atoms with Crippen LogP contribution in [0.5, 0.6) is 0 Å². The molecule has 0 heterocycles. The van der Waals surface area contributed by atoms with Gasteiger partial charge in [-0.15, -0.1) is 0 Å². The highest BCUT2D eigenvalue weighted by Gasteiger charge is 2.08. The predicted octanol–water partition coefficient (Wildman–Crippen LogP) is 4.46. The number of anilines is 3. The first-order valence-electron chi connectivity index (χ1n) is 4.84. The maximum atomic E-state index is 13.5. The number of hydrogen-bond donors (Lipinski definition) is 2. The van der Waals surface area contributed by atoms with E-state index in [0.29, 0.717) is 16.4 Å². The number of para-hydroxylation sites is 1. The summed E-state index contributed by atoms with van der Waals surface area (Å²) in [6, 6.07) is 9.34. The van der Waals surface area contributed by atoms with Gasteiger partial charge in [0.1, 0.15) is 5.82 Å². The fourth-order valence-electron chi connectivity index (χ4n) is 1.39. The van der Waals surface area contributed by atoms with Crippen LogP contribution >= 0.6 is 23.2 Å². The summed E-state index contributed by atoms with van der Waals surface area (Å²) in [7, 11) is 0. The molecule has 0 aromatic heterocycles. The zero-order valence-electron chi connectivity index (χ0n) is 8.68. The van der Waals surface area contributed by atoms with Gasteiger partial charge in [-0.2, -0.15) is 0 Å². The van der Waals surface area contributed by atoms with Crippen molar-refractivity contribution in [2.45, 2.75) is 0 Å². The Morgan fingerprint density at radius 2 is 1.88 bits per heavy atom. The number of rotatable bonds is 2. The van der Waals surface area contributed by atoms with E-state index in [1.165, 1.54) is 12.1 Å². The summed E-state index contributed by atoms with van der Waals surface area (Å²) in [4.78, 5) is 0. The van der Waals surface area contributed by atoms with Crippen molar-refractivity contribution < 1.29 is 4.39 Å². The van der Waals surface area contributed by atoms with E-state index in [1.54, 1.807) is 24.3 Å². The molecular weight excluding hydrogens is 262 g/mol. The molecule has 0 saturated carbocycles. The van der Waals surface area contributed by atoms with Crippen LogP contribution in [0.2, 0.25) is 10.0 Å². The SMILES string of the molecule is Nc1ccc(Cl)cc1Nc1c(F)cccc1Cl. The molecule has 0 amide bonds. The van der Waals surface area contributed by atoms with Crippen LogP contribution in [-0.2, 0) is 0 Å². The van der Waals surface area contributed by atoms with E-state index < -0.39 is 5.82 Å². The van der Waals surface area contributed by atoms with E-state index in [0.717, 1.165) is 0 Å². The number of nitrogens with one attached hydrogen (secondary N) is 1. The smallest absolute Gasteiger partial charge is 0.148 e. The van der Waals surface area contributed by atoms with Crippen LogP contribution < -0.4 is 11.1 Å². The van der Waals surface area contributed by atoms with Crippen molar-refractivity contribution in [1.29, 1.82) is 0 Å². The van der Waals surface area contributed by atoms with Crippen LogP contribution in [0.4, 0.5) is 21.5 Å². The van der Waals surface area contributed by atoms with Gasteiger partial charge in [-0.05, 0) is 30.3 Å². The van der Waals surface area contributed by atoms with Gasteiger partial charge in [0.2, 0.25) is 0 Å². The Labute approximate surface area is 108 Å². The molecule has 2 rings (SSSR count). The molecule has 3 N–H and O–H groups in total. The van der Waals surface area contributed by atoms with Gasteiger partial charge in [0.05, 0.1) is 22.1 Å². The van der Waals surface area contributed by atoms with Crippen molar-refractivity contribution in [2.24, 2.45) is 0 Å². The number of halogens is 3. The third-order valence-electron chi connectivity index (χ3n) is 2.24. The second-order valence-electron chi connectivity index (χ2n) is 3.45. The first-order valence-corrected chi connectivity index (χ1v) is 5.59. The van der Waals surface area contributed by atoms with Gasteiger partial charge in [-0.1, -0.05) is 29.3 Å². The topological polar surface area (TPSA) is 38.0 Å². The average molecular weight is 271 g/mol. The molecule has 5 heteroatoms. The normalized spacial score (nSPS) is 10.3. The summed E-state index contributed by atoms with van der Waals surface area (Å²) >= 11 is 11.7. The van der Waals surface area contributed by atoms with Gasteiger partial charge in [0, 0.05) is 5.02 Å². The molecule has 2 aromatic carbocycles. The minimum atomic E-state index is -0.447. The van der Waals surface area contributed by atoms with E-state index in [1.807, 2.05) is 0 Å². The Morgan fingerprint density at radius 1 is 1.12 bits per heavy atom. The van der Waals surface area contributed by atoms with Crippen molar-refractivity contribution in [2.75, 3.05) is 11.1 Å². The fraction of sp³-hybridized carbons (Fsp3) is 0. The maximum Gasteiger partial charge on any atom is 0.148 e. The molecule has 0 aliphatic carbocycles. The molecular formula is C12H9Cl2FN2. The summed E-state index contributed by atoms with van der Waals surface area (Å²) < 4.78 is 13.5. The minimum absolute atomic E-state index is 0.183. The van der Waals surface area contributed by atoms with Crippen LogP contribution in [-0.4, -0.2) is 0 Å². The summed E-state index contributed by atoms with van der Waals surface area (Å²) in [5.41, 5.74) is 6.92. The fourth-order valence-corrected chi connectivity index (χ4v) is 1.77. The molecule has 17 heavy (non-hydrogen) atoms. The third-order valence-corrected chi connectivity index (χ3v) is 2.79. The van der Waals surface area contributed by atoms with E-state index in [2.05, 4.69) is 5.32 Å². The van der Waals surface area contributed by atoms with Crippen LogP contribution in [0.15, 0.2) is 36.4 Å². The molecule has 0 aliphatic rings. The largest absolute Gasteiger partial charge is 0.397 e. The second kappa shape index (κ2) is 4.82. The highest BCUT2D eigenvalue weighted by Crippen LogP contribution is 2.31. The summed E-state index contributed by atoms with van der Waals surface area (Å²) in [6.07, 6.45) is 0. The van der Waals surface area contributed by atoms with Crippen molar-refractivity contribution in [3.8, 4) is 0 Å². The summed E-state index contributed by atoms with van der Waals surface area (Å²) in [5.74, 6) is -0.447. The highest BCUT2D eigenvalue weighted by molar-refractivity contribution is 6.33. The van der Waals surface area contributed by atoms with Crippen LogP contribution in [0.3, 0.4) is 0 Å². The molecule has 2 aromatic rings. The van der Waals surface area contributed by atoms with Crippen LogP contribution in [0.1, 0.15) is 0 Å². The van der Waals surface area contributed by atoms with Crippen molar-refractivity contribution in [3.63, 3.8) is 0 Å². The van der Waals surface area contributed by atoms with Crippen molar-refractivity contribution in [3.05, 3.63) is 52.3 Å². The number of nitrogen functional groups attached to an aromatic ring is 1. The van der Waals surface area contributed by atoms with E-state index in [-0.39, 0.29) is 10.7 Å². The third kappa shape index (κ3) is 2.62. The molecule has 88 valence electrons. The van der Waals surface area contributed by atoms with Crippen LogP contribution in [0.25, 0.3) is 0 Å². The summed E-state index contributed by atoms with van der Waals surface area (Å²) in [6.45, 7) is 0. The van der Waals surface area contributed by atoms with Gasteiger partial charge >= 0.3 is 0 Å². The predicted molar refractivity (Wildman–Crippen MR) is 70.6 cm³/mol. The molecule has 0 saturated heterocycles.